The maximum Gasteiger partial charge on any atom is 0.271 e. The van der Waals surface area contributed by atoms with E-state index in [2.05, 4.69) is 9.97 Å². The van der Waals surface area contributed by atoms with Gasteiger partial charge >= 0.3 is 0 Å². The number of hydrogen-bond donors (Lipinski definition) is 0. The second kappa shape index (κ2) is 7.67. The van der Waals surface area contributed by atoms with Crippen molar-refractivity contribution in [3.8, 4) is 11.8 Å². The Hall–Kier alpha value is -2.71. The molecule has 8 heteroatoms. The average molecular weight is 374 g/mol. The topological polar surface area (TPSA) is 87.6 Å². The summed E-state index contributed by atoms with van der Waals surface area (Å²) in [5, 5.41) is 1.85. The summed E-state index contributed by atoms with van der Waals surface area (Å²) in [4.78, 5) is 8.11. The summed E-state index contributed by atoms with van der Waals surface area (Å²) in [7, 11) is -0.929. The number of benzene rings is 2. The van der Waals surface area contributed by atoms with Crippen molar-refractivity contribution in [2.24, 2.45) is 0 Å². The Balaban J connectivity index is 1.77. The minimum Gasteiger partial charge on any atom is -0.481 e. The molecule has 0 radical (unpaired) electrons. The molecule has 136 valence electrons. The SMILES string of the molecule is COc1cc(OC)nc(COS(=O)(=O)Cc2cccc3ccccc23)n1. The molecule has 0 aliphatic heterocycles. The number of nitrogens with zero attached hydrogens (tertiary/aromatic N) is 2. The fourth-order valence-electron chi connectivity index (χ4n) is 2.52. The first-order valence-electron chi connectivity index (χ1n) is 7.80. The van der Waals surface area contributed by atoms with Gasteiger partial charge < -0.3 is 9.47 Å². The standard InChI is InChI=1S/C18H18N2O5S/c1-23-17-10-18(24-2)20-16(19-17)11-25-26(21,22)12-14-8-5-7-13-6-3-4-9-15(13)14/h3-10H,11-12H2,1-2H3. The van der Waals surface area contributed by atoms with Gasteiger partial charge in [0, 0.05) is 0 Å². The highest BCUT2D eigenvalue weighted by molar-refractivity contribution is 7.85. The Morgan fingerprint density at radius 1 is 0.923 bits per heavy atom. The van der Waals surface area contributed by atoms with Gasteiger partial charge in [-0.2, -0.15) is 18.4 Å². The number of ether oxygens (including phenoxy) is 2. The average Bonchev–Trinajstić information content (AvgIpc) is 2.66. The molecule has 1 aromatic heterocycles. The minimum absolute atomic E-state index is 0.155. The van der Waals surface area contributed by atoms with Crippen LogP contribution in [0.2, 0.25) is 0 Å². The molecule has 0 aliphatic rings. The lowest BCUT2D eigenvalue weighted by molar-refractivity contribution is 0.289. The van der Waals surface area contributed by atoms with Crippen LogP contribution in [0.3, 0.4) is 0 Å². The summed E-state index contributed by atoms with van der Waals surface area (Å²) in [5.41, 5.74) is 0.673. The van der Waals surface area contributed by atoms with E-state index in [1.807, 2.05) is 36.4 Å². The van der Waals surface area contributed by atoms with Crippen molar-refractivity contribution in [2.75, 3.05) is 14.2 Å². The Morgan fingerprint density at radius 2 is 1.58 bits per heavy atom. The number of rotatable bonds is 7. The molecule has 0 aliphatic carbocycles. The van der Waals surface area contributed by atoms with Crippen LogP contribution in [0.4, 0.5) is 0 Å². The molecule has 7 nitrogen and oxygen atoms in total. The molecule has 3 rings (SSSR count). The third-order valence-corrected chi connectivity index (χ3v) is 4.87. The van der Waals surface area contributed by atoms with Gasteiger partial charge in [0.05, 0.1) is 20.3 Å². The lowest BCUT2D eigenvalue weighted by Gasteiger charge is -2.09. The number of aromatic nitrogens is 2. The first kappa shape index (κ1) is 18.1. The highest BCUT2D eigenvalue weighted by atomic mass is 32.2. The smallest absolute Gasteiger partial charge is 0.271 e. The van der Waals surface area contributed by atoms with Crippen molar-refractivity contribution in [3.05, 3.63) is 59.9 Å². The first-order chi connectivity index (χ1) is 12.5. The second-order valence-corrected chi connectivity index (χ2v) is 7.11. The molecule has 1 heterocycles. The van der Waals surface area contributed by atoms with Crippen molar-refractivity contribution in [3.63, 3.8) is 0 Å². The third-order valence-electron chi connectivity index (χ3n) is 3.72. The van der Waals surface area contributed by atoms with Crippen LogP contribution in [0, 0.1) is 0 Å². The van der Waals surface area contributed by atoms with E-state index < -0.39 is 10.1 Å². The quantitative estimate of drug-likeness (QED) is 0.588. The second-order valence-electron chi connectivity index (χ2n) is 5.47. The fourth-order valence-corrected chi connectivity index (χ4v) is 3.52. The predicted octanol–water partition coefficient (Wildman–Crippen LogP) is 2.69. The molecule has 0 unspecified atom stereocenters. The van der Waals surface area contributed by atoms with Crippen molar-refractivity contribution in [1.82, 2.24) is 9.97 Å². The molecule has 0 amide bonds. The van der Waals surface area contributed by atoms with Crippen LogP contribution in [0.1, 0.15) is 11.4 Å². The summed E-state index contributed by atoms with van der Waals surface area (Å²) < 4.78 is 39.9. The van der Waals surface area contributed by atoms with Crippen molar-refractivity contribution >= 4 is 20.9 Å². The number of methoxy groups -OCH3 is 2. The van der Waals surface area contributed by atoms with Gasteiger partial charge in [0.1, 0.15) is 12.4 Å². The van der Waals surface area contributed by atoms with Gasteiger partial charge in [0.15, 0.2) is 5.82 Å². The van der Waals surface area contributed by atoms with Crippen LogP contribution in [0.25, 0.3) is 10.8 Å². The lowest BCUT2D eigenvalue weighted by atomic mass is 10.1. The molecule has 3 aromatic rings. The molecule has 0 saturated heterocycles. The molecule has 0 saturated carbocycles. The van der Waals surface area contributed by atoms with E-state index in [9.17, 15) is 8.42 Å². The van der Waals surface area contributed by atoms with Gasteiger partial charge in [-0.15, -0.1) is 0 Å². The van der Waals surface area contributed by atoms with Gasteiger partial charge in [-0.1, -0.05) is 42.5 Å². The zero-order valence-electron chi connectivity index (χ0n) is 14.4. The van der Waals surface area contributed by atoms with Crippen molar-refractivity contribution < 1.29 is 22.1 Å². The fraction of sp³-hybridized carbons (Fsp3) is 0.222. The molecule has 0 fully saturated rings. The molecule has 26 heavy (non-hydrogen) atoms. The maximum absolute atomic E-state index is 12.4. The molecule has 0 spiro atoms. The van der Waals surface area contributed by atoms with Crippen LogP contribution >= 0.6 is 0 Å². The van der Waals surface area contributed by atoms with Crippen molar-refractivity contribution in [2.45, 2.75) is 12.4 Å². The summed E-state index contributed by atoms with van der Waals surface area (Å²) in [6.45, 7) is -0.305. The zero-order chi connectivity index (χ0) is 18.6. The monoisotopic (exact) mass is 374 g/mol. The van der Waals surface area contributed by atoms with Crippen LogP contribution in [-0.4, -0.2) is 32.6 Å². The summed E-state index contributed by atoms with van der Waals surface area (Å²) >= 11 is 0. The highest BCUT2D eigenvalue weighted by Gasteiger charge is 2.16. The van der Waals surface area contributed by atoms with E-state index in [0.717, 1.165) is 10.8 Å². The van der Waals surface area contributed by atoms with Gasteiger partial charge in [0.2, 0.25) is 11.8 Å². The van der Waals surface area contributed by atoms with Crippen molar-refractivity contribution in [1.29, 1.82) is 0 Å². The summed E-state index contributed by atoms with van der Waals surface area (Å²) in [6, 6.07) is 14.6. The largest absolute Gasteiger partial charge is 0.481 e. The molecule has 0 atom stereocenters. The lowest BCUT2D eigenvalue weighted by Crippen LogP contribution is -2.11. The highest BCUT2D eigenvalue weighted by Crippen LogP contribution is 2.22. The third kappa shape index (κ3) is 4.27. The van der Waals surface area contributed by atoms with Gasteiger partial charge in [-0.25, -0.2) is 0 Å². The van der Waals surface area contributed by atoms with Gasteiger partial charge in [-0.05, 0) is 16.3 Å². The van der Waals surface area contributed by atoms with E-state index in [1.54, 1.807) is 6.07 Å². The molecule has 2 aromatic carbocycles. The Labute approximate surface area is 151 Å². The van der Waals surface area contributed by atoms with E-state index in [0.29, 0.717) is 5.56 Å². The van der Waals surface area contributed by atoms with Crippen LogP contribution in [-0.2, 0) is 26.7 Å². The molecular weight excluding hydrogens is 356 g/mol. The predicted molar refractivity (Wildman–Crippen MR) is 96.5 cm³/mol. The minimum atomic E-state index is -3.83. The Bertz CT molecular complexity index is 994. The van der Waals surface area contributed by atoms with Gasteiger partial charge in [-0.3, -0.25) is 4.18 Å². The van der Waals surface area contributed by atoms with E-state index in [-0.39, 0.29) is 29.9 Å². The van der Waals surface area contributed by atoms with Crippen LogP contribution < -0.4 is 9.47 Å². The normalized spacial score (nSPS) is 11.5. The number of hydrogen-bond acceptors (Lipinski definition) is 7. The molecular formula is C18H18N2O5S. The summed E-state index contributed by atoms with van der Waals surface area (Å²) in [6.07, 6.45) is 0. The van der Waals surface area contributed by atoms with E-state index >= 15 is 0 Å². The molecule has 0 bridgehead atoms. The first-order valence-corrected chi connectivity index (χ1v) is 9.38. The van der Waals surface area contributed by atoms with Gasteiger partial charge in [0.25, 0.3) is 10.1 Å². The van der Waals surface area contributed by atoms with Crippen LogP contribution in [0.5, 0.6) is 11.8 Å². The van der Waals surface area contributed by atoms with Crippen LogP contribution in [0.15, 0.2) is 48.5 Å². The zero-order valence-corrected chi connectivity index (χ0v) is 15.2. The Kier molecular flexibility index (Phi) is 5.34. The molecule has 0 N–H and O–H groups in total. The summed E-state index contributed by atoms with van der Waals surface area (Å²) in [5.74, 6) is 0.446. The van der Waals surface area contributed by atoms with E-state index in [4.69, 9.17) is 13.7 Å². The Morgan fingerprint density at radius 3 is 2.27 bits per heavy atom. The maximum atomic E-state index is 12.4. The van der Waals surface area contributed by atoms with E-state index in [1.165, 1.54) is 20.3 Å². The number of fused-ring (bicyclic) bond motifs is 1.